The molecule has 0 amide bonds. The summed E-state index contributed by atoms with van der Waals surface area (Å²) in [5, 5.41) is 9.97. The molecule has 0 fully saturated rings. The summed E-state index contributed by atoms with van der Waals surface area (Å²) in [5.74, 6) is 1.56. The van der Waals surface area contributed by atoms with Crippen LogP contribution in [0.5, 0.6) is 5.75 Å². The smallest absolute Gasteiger partial charge is 0.211 e. The number of fused-ring (bicyclic) bond motifs is 3. The maximum atomic E-state index is 5.22. The van der Waals surface area contributed by atoms with Gasteiger partial charge in [-0.25, -0.2) is 4.98 Å². The van der Waals surface area contributed by atoms with Crippen molar-refractivity contribution in [1.82, 2.24) is 20.2 Å². The molecule has 2 aromatic heterocycles. The molecule has 1 aromatic carbocycles. The summed E-state index contributed by atoms with van der Waals surface area (Å²) in [6.07, 6.45) is 1.81. The van der Waals surface area contributed by atoms with Crippen molar-refractivity contribution in [3.8, 4) is 5.75 Å². The number of benzene rings is 1. The molecule has 96 valence electrons. The first-order valence-corrected chi connectivity index (χ1v) is 6.74. The summed E-state index contributed by atoms with van der Waals surface area (Å²) in [4.78, 5) is 7.69. The number of thioether (sulfide) groups is 1. The summed E-state index contributed by atoms with van der Waals surface area (Å²) in [6, 6.07) is 5.79. The highest BCUT2D eigenvalue weighted by molar-refractivity contribution is 7.99. The van der Waals surface area contributed by atoms with Crippen molar-refractivity contribution in [2.45, 2.75) is 5.16 Å². The van der Waals surface area contributed by atoms with Gasteiger partial charge in [0.25, 0.3) is 0 Å². The molecule has 0 aliphatic heterocycles. The minimum absolute atomic E-state index is 0.644. The lowest BCUT2D eigenvalue weighted by molar-refractivity contribution is 0.415. The normalized spacial score (nSPS) is 11.0. The van der Waals surface area contributed by atoms with E-state index in [0.29, 0.717) is 5.16 Å². The molecule has 6 heteroatoms. The third kappa shape index (κ3) is 2.15. The fraction of sp³-hybridized carbons (Fsp3) is 0.154. The van der Waals surface area contributed by atoms with Gasteiger partial charge >= 0.3 is 0 Å². The molecule has 0 saturated carbocycles. The molecular formula is C13H12N4OS. The fourth-order valence-corrected chi connectivity index (χ4v) is 2.38. The van der Waals surface area contributed by atoms with Gasteiger partial charge in [0.1, 0.15) is 11.3 Å². The van der Waals surface area contributed by atoms with Gasteiger partial charge in [-0.3, -0.25) is 0 Å². The van der Waals surface area contributed by atoms with E-state index < -0.39 is 0 Å². The molecule has 19 heavy (non-hydrogen) atoms. The zero-order valence-electron chi connectivity index (χ0n) is 10.4. The molecule has 3 aromatic rings. The van der Waals surface area contributed by atoms with E-state index in [1.54, 1.807) is 7.11 Å². The number of rotatable bonds is 4. The Balaban J connectivity index is 2.14. The molecule has 0 atom stereocenters. The quantitative estimate of drug-likeness (QED) is 0.584. The number of hydrogen-bond acceptors (Lipinski definition) is 5. The zero-order valence-corrected chi connectivity index (χ0v) is 11.2. The van der Waals surface area contributed by atoms with Crippen molar-refractivity contribution < 1.29 is 4.74 Å². The maximum absolute atomic E-state index is 5.22. The number of nitrogens with zero attached hydrogens (tertiary/aromatic N) is 3. The summed E-state index contributed by atoms with van der Waals surface area (Å²) in [6.45, 7) is 3.67. The lowest BCUT2D eigenvalue weighted by atomic mass is 10.2. The number of hydrogen-bond donors (Lipinski definition) is 1. The van der Waals surface area contributed by atoms with Crippen LogP contribution < -0.4 is 4.74 Å². The minimum Gasteiger partial charge on any atom is -0.497 e. The number of ether oxygens (including phenoxy) is 1. The molecule has 0 spiro atoms. The van der Waals surface area contributed by atoms with Crippen LogP contribution in [0.3, 0.4) is 0 Å². The van der Waals surface area contributed by atoms with Gasteiger partial charge in [-0.2, -0.15) is 0 Å². The van der Waals surface area contributed by atoms with Crippen molar-refractivity contribution in [2.75, 3.05) is 12.9 Å². The van der Waals surface area contributed by atoms with Gasteiger partial charge in [-0.15, -0.1) is 16.8 Å². The molecule has 0 saturated heterocycles. The number of nitrogens with one attached hydrogen (secondary N) is 1. The van der Waals surface area contributed by atoms with Crippen LogP contribution >= 0.6 is 11.8 Å². The van der Waals surface area contributed by atoms with E-state index in [1.807, 2.05) is 24.3 Å². The van der Waals surface area contributed by atoms with E-state index >= 15 is 0 Å². The van der Waals surface area contributed by atoms with Crippen molar-refractivity contribution >= 4 is 33.8 Å². The van der Waals surface area contributed by atoms with Crippen LogP contribution in [0.1, 0.15) is 0 Å². The third-order valence-corrected chi connectivity index (χ3v) is 3.57. The standard InChI is InChI=1S/C13H12N4OS/c1-3-6-19-13-15-12-11(16-17-13)9-7-8(18-2)4-5-10(9)14-12/h3-5,7H,1,6H2,2H3,(H,14,15,17). The molecule has 2 heterocycles. The first-order valence-electron chi connectivity index (χ1n) is 5.75. The molecule has 0 radical (unpaired) electrons. The average molecular weight is 272 g/mol. The number of aromatic amines is 1. The SMILES string of the molecule is C=CCSc1nnc2c(n1)[nH]c1ccc(OC)cc12. The zero-order chi connectivity index (χ0) is 13.2. The first-order chi connectivity index (χ1) is 9.31. The van der Waals surface area contributed by atoms with Gasteiger partial charge in [0.2, 0.25) is 5.16 Å². The van der Waals surface area contributed by atoms with Crippen LogP contribution in [-0.2, 0) is 0 Å². The van der Waals surface area contributed by atoms with Gasteiger partial charge in [-0.1, -0.05) is 17.8 Å². The topological polar surface area (TPSA) is 63.7 Å². The predicted molar refractivity (Wildman–Crippen MR) is 76.7 cm³/mol. The summed E-state index contributed by atoms with van der Waals surface area (Å²) < 4.78 is 5.22. The summed E-state index contributed by atoms with van der Waals surface area (Å²) >= 11 is 1.51. The molecule has 1 N–H and O–H groups in total. The molecule has 0 aliphatic rings. The van der Waals surface area contributed by atoms with Crippen LogP contribution in [-0.4, -0.2) is 33.0 Å². The molecule has 0 aliphatic carbocycles. The van der Waals surface area contributed by atoms with Crippen LogP contribution in [0.2, 0.25) is 0 Å². The highest BCUT2D eigenvalue weighted by Gasteiger charge is 2.09. The van der Waals surface area contributed by atoms with Gasteiger partial charge in [0.15, 0.2) is 5.65 Å². The molecule has 5 nitrogen and oxygen atoms in total. The van der Waals surface area contributed by atoms with E-state index in [2.05, 4.69) is 26.7 Å². The monoisotopic (exact) mass is 272 g/mol. The highest BCUT2D eigenvalue weighted by Crippen LogP contribution is 2.26. The molecule has 0 unspecified atom stereocenters. The van der Waals surface area contributed by atoms with Crippen molar-refractivity contribution in [3.63, 3.8) is 0 Å². The first kappa shape index (κ1) is 12.0. The van der Waals surface area contributed by atoms with E-state index in [1.165, 1.54) is 11.8 Å². The average Bonchev–Trinajstić information content (AvgIpc) is 2.81. The number of H-pyrrole nitrogens is 1. The predicted octanol–water partition coefficient (Wildman–Crippen LogP) is 2.79. The van der Waals surface area contributed by atoms with E-state index in [-0.39, 0.29) is 0 Å². The third-order valence-electron chi connectivity index (χ3n) is 2.73. The van der Waals surface area contributed by atoms with Gasteiger partial charge < -0.3 is 9.72 Å². The lowest BCUT2D eigenvalue weighted by Gasteiger charge is -1.98. The maximum Gasteiger partial charge on any atom is 0.211 e. The van der Waals surface area contributed by atoms with Crippen molar-refractivity contribution in [1.29, 1.82) is 0 Å². The Morgan fingerprint density at radius 1 is 1.42 bits per heavy atom. The Bertz CT molecular complexity index is 753. The van der Waals surface area contributed by atoms with Crippen molar-refractivity contribution in [3.05, 3.63) is 30.9 Å². The largest absolute Gasteiger partial charge is 0.497 e. The van der Waals surface area contributed by atoms with Crippen LogP contribution in [0, 0.1) is 0 Å². The summed E-state index contributed by atoms with van der Waals surface area (Å²) in [7, 11) is 1.64. The van der Waals surface area contributed by atoms with Gasteiger partial charge in [0.05, 0.1) is 7.11 Å². The van der Waals surface area contributed by atoms with Gasteiger partial charge in [-0.05, 0) is 18.2 Å². The molecule has 3 rings (SSSR count). The Hall–Kier alpha value is -2.08. The fourth-order valence-electron chi connectivity index (χ4n) is 1.86. The Kier molecular flexibility index (Phi) is 3.08. The second kappa shape index (κ2) is 4.89. The second-order valence-corrected chi connectivity index (χ2v) is 4.91. The number of methoxy groups -OCH3 is 1. The van der Waals surface area contributed by atoms with Crippen molar-refractivity contribution in [2.24, 2.45) is 0 Å². The Morgan fingerprint density at radius 2 is 2.32 bits per heavy atom. The van der Waals surface area contributed by atoms with E-state index in [9.17, 15) is 0 Å². The Morgan fingerprint density at radius 3 is 3.11 bits per heavy atom. The number of aromatic nitrogens is 4. The van der Waals surface area contributed by atoms with E-state index in [4.69, 9.17) is 4.74 Å². The summed E-state index contributed by atoms with van der Waals surface area (Å²) in [5.41, 5.74) is 2.48. The minimum atomic E-state index is 0.644. The second-order valence-electron chi connectivity index (χ2n) is 3.93. The van der Waals surface area contributed by atoms with Crippen LogP contribution in [0.25, 0.3) is 22.1 Å². The lowest BCUT2D eigenvalue weighted by Crippen LogP contribution is -1.91. The molecule has 0 bridgehead atoms. The van der Waals surface area contributed by atoms with E-state index in [0.717, 1.165) is 33.6 Å². The van der Waals surface area contributed by atoms with Crippen LogP contribution in [0.15, 0.2) is 36.0 Å². The Labute approximate surface area is 114 Å². The van der Waals surface area contributed by atoms with Crippen LogP contribution in [0.4, 0.5) is 0 Å². The molecular weight excluding hydrogens is 260 g/mol. The highest BCUT2D eigenvalue weighted by atomic mass is 32.2. The van der Waals surface area contributed by atoms with Gasteiger partial charge in [0, 0.05) is 16.7 Å².